The summed E-state index contributed by atoms with van der Waals surface area (Å²) in [5, 5.41) is 7.69. The standard InChI is InChI=1S/C24H21ClN2O3/c1-28-22-10-8-16(12-23(22)29-2)24-27-20(18-13-17(25)9-11-21(18)30-24)14-19(26-27)15-6-4-3-5-7-15/h3-13,20,24H,14H2,1-2H3/t20-,24+/m1/s1. The van der Waals surface area contributed by atoms with E-state index in [9.17, 15) is 0 Å². The second-order valence-electron chi connectivity index (χ2n) is 7.28. The number of nitrogens with zero attached hydrogens (tertiary/aromatic N) is 2. The normalized spacial score (nSPS) is 19.4. The van der Waals surface area contributed by atoms with Gasteiger partial charge in [0.25, 0.3) is 0 Å². The van der Waals surface area contributed by atoms with Crippen molar-refractivity contribution in [1.29, 1.82) is 0 Å². The molecule has 3 aromatic carbocycles. The summed E-state index contributed by atoms with van der Waals surface area (Å²) in [6, 6.07) is 21.9. The number of hydrogen-bond acceptors (Lipinski definition) is 5. The Morgan fingerprint density at radius 2 is 1.77 bits per heavy atom. The summed E-state index contributed by atoms with van der Waals surface area (Å²) in [6.07, 6.45) is 0.398. The summed E-state index contributed by atoms with van der Waals surface area (Å²) in [4.78, 5) is 0. The van der Waals surface area contributed by atoms with Gasteiger partial charge in [0.05, 0.1) is 26.0 Å². The smallest absolute Gasteiger partial charge is 0.214 e. The third-order valence-corrected chi connectivity index (χ3v) is 5.79. The molecule has 0 unspecified atom stereocenters. The first-order valence-corrected chi connectivity index (χ1v) is 10.1. The van der Waals surface area contributed by atoms with Gasteiger partial charge in [0.1, 0.15) is 5.75 Å². The van der Waals surface area contributed by atoms with Crippen LogP contribution < -0.4 is 14.2 Å². The van der Waals surface area contributed by atoms with E-state index in [1.165, 1.54) is 0 Å². The van der Waals surface area contributed by atoms with Crippen molar-refractivity contribution in [3.63, 3.8) is 0 Å². The van der Waals surface area contributed by atoms with E-state index in [-0.39, 0.29) is 12.3 Å². The van der Waals surface area contributed by atoms with E-state index in [1.807, 2.05) is 59.6 Å². The second kappa shape index (κ2) is 7.58. The van der Waals surface area contributed by atoms with Gasteiger partial charge in [-0.2, -0.15) is 5.10 Å². The van der Waals surface area contributed by atoms with Crippen LogP contribution in [0.1, 0.15) is 35.4 Å². The lowest BCUT2D eigenvalue weighted by atomic mass is 9.96. The van der Waals surface area contributed by atoms with Crippen LogP contribution in [-0.4, -0.2) is 24.9 Å². The minimum atomic E-state index is -0.385. The SMILES string of the molecule is COc1ccc([C@@H]2Oc3ccc(Cl)cc3[C@H]3CC(c4ccccc4)=NN32)cc1OC. The Morgan fingerprint density at radius 3 is 2.53 bits per heavy atom. The molecule has 0 aromatic heterocycles. The van der Waals surface area contributed by atoms with E-state index in [0.29, 0.717) is 16.5 Å². The van der Waals surface area contributed by atoms with Gasteiger partial charge in [-0.1, -0.05) is 41.9 Å². The number of methoxy groups -OCH3 is 2. The van der Waals surface area contributed by atoms with Gasteiger partial charge in [0.2, 0.25) is 6.23 Å². The second-order valence-corrected chi connectivity index (χ2v) is 7.72. The highest BCUT2D eigenvalue weighted by Gasteiger charge is 2.41. The number of hydrogen-bond donors (Lipinski definition) is 0. The van der Waals surface area contributed by atoms with E-state index in [4.69, 9.17) is 30.9 Å². The highest BCUT2D eigenvalue weighted by atomic mass is 35.5. The lowest BCUT2D eigenvalue weighted by molar-refractivity contribution is -0.0191. The van der Waals surface area contributed by atoms with E-state index in [0.717, 1.165) is 34.6 Å². The number of ether oxygens (including phenoxy) is 3. The minimum Gasteiger partial charge on any atom is -0.493 e. The van der Waals surface area contributed by atoms with Gasteiger partial charge in [-0.15, -0.1) is 0 Å². The Morgan fingerprint density at radius 1 is 0.967 bits per heavy atom. The van der Waals surface area contributed by atoms with Gasteiger partial charge in [-0.05, 0) is 42.0 Å². The lowest BCUT2D eigenvalue weighted by Gasteiger charge is -2.38. The molecular weight excluding hydrogens is 400 g/mol. The predicted octanol–water partition coefficient (Wildman–Crippen LogP) is 5.60. The van der Waals surface area contributed by atoms with Gasteiger partial charge in [0, 0.05) is 22.6 Å². The highest BCUT2D eigenvalue weighted by Crippen LogP contribution is 2.48. The van der Waals surface area contributed by atoms with E-state index >= 15 is 0 Å². The number of rotatable bonds is 4. The fourth-order valence-electron chi connectivity index (χ4n) is 4.09. The van der Waals surface area contributed by atoms with Crippen molar-refractivity contribution in [3.05, 3.63) is 88.4 Å². The van der Waals surface area contributed by atoms with Crippen LogP contribution in [0.2, 0.25) is 5.02 Å². The van der Waals surface area contributed by atoms with Crippen LogP contribution in [0, 0.1) is 0 Å². The van der Waals surface area contributed by atoms with Gasteiger partial charge in [-0.25, -0.2) is 5.01 Å². The monoisotopic (exact) mass is 420 g/mol. The molecule has 0 bridgehead atoms. The molecule has 0 fully saturated rings. The summed E-state index contributed by atoms with van der Waals surface area (Å²) >= 11 is 6.30. The maximum absolute atomic E-state index is 6.41. The molecule has 6 heteroatoms. The fourth-order valence-corrected chi connectivity index (χ4v) is 4.27. The molecule has 0 radical (unpaired) electrons. The molecule has 5 rings (SSSR count). The molecule has 0 saturated carbocycles. The van der Waals surface area contributed by atoms with E-state index in [2.05, 4.69) is 12.1 Å². The van der Waals surface area contributed by atoms with Crippen LogP contribution in [0.3, 0.4) is 0 Å². The van der Waals surface area contributed by atoms with Crippen LogP contribution in [0.15, 0.2) is 71.8 Å². The van der Waals surface area contributed by atoms with Crippen molar-refractivity contribution in [1.82, 2.24) is 5.01 Å². The lowest BCUT2D eigenvalue weighted by Crippen LogP contribution is -2.33. The minimum absolute atomic E-state index is 0.0424. The van der Waals surface area contributed by atoms with Gasteiger partial charge in [-0.3, -0.25) is 0 Å². The number of hydrazone groups is 1. The third-order valence-electron chi connectivity index (χ3n) is 5.55. The Balaban J connectivity index is 1.60. The molecule has 0 N–H and O–H groups in total. The van der Waals surface area contributed by atoms with Crippen LogP contribution >= 0.6 is 11.6 Å². The summed E-state index contributed by atoms with van der Waals surface area (Å²) in [5.41, 5.74) is 4.13. The molecule has 0 aliphatic carbocycles. The number of benzene rings is 3. The van der Waals surface area contributed by atoms with Crippen molar-refractivity contribution in [2.75, 3.05) is 14.2 Å². The predicted molar refractivity (Wildman–Crippen MR) is 117 cm³/mol. The maximum Gasteiger partial charge on any atom is 0.214 e. The molecule has 0 spiro atoms. The first-order valence-electron chi connectivity index (χ1n) is 9.77. The molecule has 2 heterocycles. The van der Waals surface area contributed by atoms with Crippen LogP contribution in [0.25, 0.3) is 0 Å². The summed E-state index contributed by atoms with van der Waals surface area (Å²) in [6.45, 7) is 0. The number of halogens is 1. The van der Waals surface area contributed by atoms with Crippen LogP contribution in [0.5, 0.6) is 17.2 Å². The average Bonchev–Trinajstić information content (AvgIpc) is 3.24. The van der Waals surface area contributed by atoms with Crippen LogP contribution in [0.4, 0.5) is 0 Å². The zero-order chi connectivity index (χ0) is 20.7. The topological polar surface area (TPSA) is 43.3 Å². The molecule has 2 atom stereocenters. The zero-order valence-corrected chi connectivity index (χ0v) is 17.5. The molecule has 0 amide bonds. The molecule has 2 aliphatic rings. The fraction of sp³-hybridized carbons (Fsp3) is 0.208. The molecule has 0 saturated heterocycles. The largest absolute Gasteiger partial charge is 0.493 e. The number of fused-ring (bicyclic) bond motifs is 3. The van der Waals surface area contributed by atoms with Crippen molar-refractivity contribution in [2.24, 2.45) is 5.10 Å². The Kier molecular flexibility index (Phi) is 4.75. The average molecular weight is 421 g/mol. The Labute approximate surface area is 180 Å². The first kappa shape index (κ1) is 18.8. The van der Waals surface area contributed by atoms with Crippen LogP contribution in [-0.2, 0) is 0 Å². The van der Waals surface area contributed by atoms with Gasteiger partial charge < -0.3 is 14.2 Å². The summed E-state index contributed by atoms with van der Waals surface area (Å²) < 4.78 is 17.3. The zero-order valence-electron chi connectivity index (χ0n) is 16.7. The molecule has 5 nitrogen and oxygen atoms in total. The highest BCUT2D eigenvalue weighted by molar-refractivity contribution is 6.30. The summed E-state index contributed by atoms with van der Waals surface area (Å²) in [5.74, 6) is 2.16. The Bertz CT molecular complexity index is 1120. The van der Waals surface area contributed by atoms with Gasteiger partial charge >= 0.3 is 0 Å². The first-order chi connectivity index (χ1) is 14.7. The Hall–Kier alpha value is -3.18. The molecule has 2 aliphatic heterocycles. The van der Waals surface area contributed by atoms with E-state index < -0.39 is 0 Å². The quantitative estimate of drug-likeness (QED) is 0.551. The van der Waals surface area contributed by atoms with E-state index in [1.54, 1.807) is 14.2 Å². The summed E-state index contributed by atoms with van der Waals surface area (Å²) in [7, 11) is 3.26. The molecule has 30 heavy (non-hydrogen) atoms. The van der Waals surface area contributed by atoms with Crippen molar-refractivity contribution in [3.8, 4) is 17.2 Å². The van der Waals surface area contributed by atoms with Gasteiger partial charge in [0.15, 0.2) is 11.5 Å². The van der Waals surface area contributed by atoms with Crippen molar-refractivity contribution in [2.45, 2.75) is 18.7 Å². The third kappa shape index (κ3) is 3.15. The molecule has 152 valence electrons. The molecule has 3 aromatic rings. The molecular formula is C24H21ClN2O3. The van der Waals surface area contributed by atoms with Crippen molar-refractivity contribution >= 4 is 17.3 Å². The maximum atomic E-state index is 6.41. The van der Waals surface area contributed by atoms with Crippen molar-refractivity contribution < 1.29 is 14.2 Å².